The number of hydrogen-bond donors (Lipinski definition) is 1. The van der Waals surface area contributed by atoms with Crippen LogP contribution in [-0.4, -0.2) is 18.8 Å². The maximum Gasteiger partial charge on any atom is 0.121 e. The average molecular weight is 221 g/mol. The van der Waals surface area contributed by atoms with Gasteiger partial charge in [-0.15, -0.1) is 0 Å². The van der Waals surface area contributed by atoms with Crippen molar-refractivity contribution in [1.82, 2.24) is 5.32 Å². The van der Waals surface area contributed by atoms with Crippen LogP contribution >= 0.6 is 0 Å². The summed E-state index contributed by atoms with van der Waals surface area (Å²) in [5, 5.41) is 3.54. The maximum absolute atomic E-state index is 5.93. The molecule has 0 aromatic carbocycles. The van der Waals surface area contributed by atoms with E-state index in [1.165, 1.54) is 19.3 Å². The van der Waals surface area contributed by atoms with Gasteiger partial charge in [-0.1, -0.05) is 6.92 Å². The lowest BCUT2D eigenvalue weighted by Crippen LogP contribution is -2.33. The monoisotopic (exact) mass is 221 g/mol. The fraction of sp³-hybridized carbons (Fsp3) is 0.692. The van der Waals surface area contributed by atoms with E-state index in [9.17, 15) is 0 Å². The third-order valence-electron chi connectivity index (χ3n) is 3.85. The highest BCUT2D eigenvalue weighted by atomic mass is 16.5. The van der Waals surface area contributed by atoms with Crippen LogP contribution in [0.25, 0.3) is 0 Å². The lowest BCUT2D eigenvalue weighted by atomic mass is 9.83. The quantitative estimate of drug-likeness (QED) is 0.848. The summed E-state index contributed by atoms with van der Waals surface area (Å²) in [6.45, 7) is 3.11. The minimum atomic E-state index is 0.329. The van der Waals surface area contributed by atoms with Crippen LogP contribution in [0.3, 0.4) is 0 Å². The zero-order valence-corrected chi connectivity index (χ0v) is 9.69. The molecular weight excluding hydrogens is 202 g/mol. The Morgan fingerprint density at radius 1 is 1.50 bits per heavy atom. The van der Waals surface area contributed by atoms with Gasteiger partial charge in [0.1, 0.15) is 5.76 Å². The van der Waals surface area contributed by atoms with Gasteiger partial charge in [0.2, 0.25) is 0 Å². The lowest BCUT2D eigenvalue weighted by molar-refractivity contribution is 0.0838. The van der Waals surface area contributed by atoms with Gasteiger partial charge in [0.15, 0.2) is 0 Å². The SMILES string of the molecule is CCNC(c1ccco1)C1CC2CCC1O2. The molecule has 3 rings (SSSR count). The first-order valence-corrected chi connectivity index (χ1v) is 6.30. The highest BCUT2D eigenvalue weighted by Gasteiger charge is 2.45. The zero-order chi connectivity index (χ0) is 11.0. The van der Waals surface area contributed by atoms with Gasteiger partial charge in [0, 0.05) is 5.92 Å². The van der Waals surface area contributed by atoms with E-state index in [2.05, 4.69) is 18.3 Å². The summed E-state index contributed by atoms with van der Waals surface area (Å²) in [5.41, 5.74) is 0. The first-order chi connectivity index (χ1) is 7.88. The molecule has 88 valence electrons. The smallest absolute Gasteiger partial charge is 0.121 e. The molecule has 4 atom stereocenters. The summed E-state index contributed by atoms with van der Waals surface area (Å²) in [4.78, 5) is 0. The molecule has 2 aliphatic rings. The van der Waals surface area contributed by atoms with E-state index >= 15 is 0 Å². The third-order valence-corrected chi connectivity index (χ3v) is 3.85. The van der Waals surface area contributed by atoms with Gasteiger partial charge >= 0.3 is 0 Å². The van der Waals surface area contributed by atoms with Gasteiger partial charge in [0.25, 0.3) is 0 Å². The van der Waals surface area contributed by atoms with Crippen LogP contribution in [0, 0.1) is 5.92 Å². The summed E-state index contributed by atoms with van der Waals surface area (Å²) in [6.07, 6.45) is 6.36. The maximum atomic E-state index is 5.93. The Morgan fingerprint density at radius 2 is 2.44 bits per heavy atom. The number of nitrogens with one attached hydrogen (secondary N) is 1. The summed E-state index contributed by atoms with van der Waals surface area (Å²) >= 11 is 0. The van der Waals surface area contributed by atoms with E-state index in [4.69, 9.17) is 9.15 Å². The molecule has 1 N–H and O–H groups in total. The van der Waals surface area contributed by atoms with Crippen LogP contribution in [0.15, 0.2) is 22.8 Å². The van der Waals surface area contributed by atoms with Crippen molar-refractivity contribution in [3.8, 4) is 0 Å². The Balaban J connectivity index is 1.78. The van der Waals surface area contributed by atoms with Crippen molar-refractivity contribution < 1.29 is 9.15 Å². The van der Waals surface area contributed by atoms with Gasteiger partial charge in [0.05, 0.1) is 24.5 Å². The van der Waals surface area contributed by atoms with Crippen LogP contribution in [0.5, 0.6) is 0 Å². The van der Waals surface area contributed by atoms with Gasteiger partial charge < -0.3 is 14.5 Å². The lowest BCUT2D eigenvalue weighted by Gasteiger charge is -2.27. The van der Waals surface area contributed by atoms with Crippen molar-refractivity contribution in [2.24, 2.45) is 5.92 Å². The highest BCUT2D eigenvalue weighted by Crippen LogP contribution is 2.44. The molecular formula is C13H19NO2. The Hall–Kier alpha value is -0.800. The van der Waals surface area contributed by atoms with Crippen molar-refractivity contribution in [3.05, 3.63) is 24.2 Å². The Morgan fingerprint density at radius 3 is 3.00 bits per heavy atom. The second-order valence-corrected chi connectivity index (χ2v) is 4.82. The second-order valence-electron chi connectivity index (χ2n) is 4.82. The standard InChI is InChI=1S/C13H19NO2/c1-2-14-13(12-4-3-7-15-12)10-8-9-5-6-11(10)16-9/h3-4,7,9-11,13-14H,2,5-6,8H2,1H3. The molecule has 0 spiro atoms. The molecule has 4 unspecified atom stereocenters. The summed E-state index contributed by atoms with van der Waals surface area (Å²) < 4.78 is 11.5. The number of rotatable bonds is 4. The Labute approximate surface area is 96.2 Å². The van der Waals surface area contributed by atoms with Crippen molar-refractivity contribution >= 4 is 0 Å². The average Bonchev–Trinajstić information content (AvgIpc) is 3.01. The first kappa shape index (κ1) is 10.4. The van der Waals surface area contributed by atoms with Crippen LogP contribution < -0.4 is 5.32 Å². The minimum absolute atomic E-state index is 0.329. The molecule has 3 nitrogen and oxygen atoms in total. The Kier molecular flexibility index (Phi) is 2.74. The molecule has 1 aromatic rings. The largest absolute Gasteiger partial charge is 0.468 e. The molecule has 2 saturated heterocycles. The van der Waals surface area contributed by atoms with Gasteiger partial charge in [-0.2, -0.15) is 0 Å². The summed E-state index contributed by atoms with van der Waals surface area (Å²) in [6, 6.07) is 4.36. The molecule has 0 amide bonds. The van der Waals surface area contributed by atoms with E-state index in [0.717, 1.165) is 12.3 Å². The van der Waals surface area contributed by atoms with Crippen molar-refractivity contribution in [2.45, 2.75) is 44.4 Å². The molecule has 3 heterocycles. The molecule has 2 aliphatic heterocycles. The summed E-state index contributed by atoms with van der Waals surface area (Å²) in [7, 11) is 0. The second kappa shape index (κ2) is 4.22. The molecule has 0 aliphatic carbocycles. The van der Waals surface area contributed by atoms with Crippen LogP contribution in [0.1, 0.15) is 38.0 Å². The van der Waals surface area contributed by atoms with E-state index in [1.807, 2.05) is 6.07 Å². The number of hydrogen-bond acceptors (Lipinski definition) is 3. The number of ether oxygens (including phenoxy) is 1. The topological polar surface area (TPSA) is 34.4 Å². The Bertz CT molecular complexity index is 336. The highest BCUT2D eigenvalue weighted by molar-refractivity contribution is 5.09. The predicted octanol–water partition coefficient (Wildman–Crippen LogP) is 2.50. The van der Waals surface area contributed by atoms with Crippen molar-refractivity contribution in [1.29, 1.82) is 0 Å². The van der Waals surface area contributed by atoms with Crippen molar-refractivity contribution in [2.75, 3.05) is 6.54 Å². The molecule has 2 fully saturated rings. The number of furan rings is 1. The van der Waals surface area contributed by atoms with Crippen LogP contribution in [0.2, 0.25) is 0 Å². The predicted molar refractivity (Wildman–Crippen MR) is 61.1 cm³/mol. The first-order valence-electron chi connectivity index (χ1n) is 6.30. The van der Waals surface area contributed by atoms with Crippen LogP contribution in [-0.2, 0) is 4.74 Å². The van der Waals surface area contributed by atoms with E-state index in [1.54, 1.807) is 6.26 Å². The molecule has 16 heavy (non-hydrogen) atoms. The fourth-order valence-corrected chi connectivity index (χ4v) is 3.18. The normalized spacial score (nSPS) is 34.4. The molecule has 2 bridgehead atoms. The van der Waals surface area contributed by atoms with Gasteiger partial charge in [-0.05, 0) is 37.9 Å². The fourth-order valence-electron chi connectivity index (χ4n) is 3.18. The van der Waals surface area contributed by atoms with E-state index in [0.29, 0.717) is 24.2 Å². The molecule has 0 radical (unpaired) electrons. The molecule has 0 saturated carbocycles. The third kappa shape index (κ3) is 1.68. The van der Waals surface area contributed by atoms with Crippen molar-refractivity contribution in [3.63, 3.8) is 0 Å². The molecule has 3 heteroatoms. The van der Waals surface area contributed by atoms with Gasteiger partial charge in [-0.25, -0.2) is 0 Å². The number of fused-ring (bicyclic) bond motifs is 2. The van der Waals surface area contributed by atoms with Gasteiger partial charge in [-0.3, -0.25) is 0 Å². The molecule has 1 aromatic heterocycles. The van der Waals surface area contributed by atoms with E-state index in [-0.39, 0.29) is 0 Å². The van der Waals surface area contributed by atoms with Crippen LogP contribution in [0.4, 0.5) is 0 Å². The zero-order valence-electron chi connectivity index (χ0n) is 9.69. The summed E-state index contributed by atoms with van der Waals surface area (Å²) in [5.74, 6) is 1.65. The minimum Gasteiger partial charge on any atom is -0.468 e. The van der Waals surface area contributed by atoms with E-state index < -0.39 is 0 Å².